The van der Waals surface area contributed by atoms with Crippen LogP contribution in [0.4, 0.5) is 0 Å². The van der Waals surface area contributed by atoms with Crippen molar-refractivity contribution in [3.8, 4) is 0 Å². The van der Waals surface area contributed by atoms with Crippen molar-refractivity contribution in [1.29, 1.82) is 0 Å². The van der Waals surface area contributed by atoms with E-state index in [2.05, 4.69) is 71.2 Å². The molecule has 1 rings (SSSR count). The van der Waals surface area contributed by atoms with E-state index in [0.29, 0.717) is 5.92 Å². The summed E-state index contributed by atoms with van der Waals surface area (Å²) in [5.74, 6) is 2.08. The molecule has 19 heavy (non-hydrogen) atoms. The molecule has 0 N–H and O–H groups in total. The second-order valence-electron chi connectivity index (χ2n) is 5.86. The molecule has 0 spiro atoms. The highest BCUT2D eigenvalue weighted by molar-refractivity contribution is 7.84. The first-order chi connectivity index (χ1) is 8.95. The van der Waals surface area contributed by atoms with Crippen molar-refractivity contribution in [2.45, 2.75) is 47.0 Å². The molecule has 0 radical (unpaired) electrons. The number of hydrogen-bond donors (Lipinski definition) is 1. The molecule has 1 heteroatoms. The van der Waals surface area contributed by atoms with Crippen LogP contribution >= 0.6 is 12.6 Å². The molecule has 0 aromatic rings. The lowest BCUT2D eigenvalue weighted by molar-refractivity contribution is 0.368. The van der Waals surface area contributed by atoms with Crippen molar-refractivity contribution in [3.63, 3.8) is 0 Å². The van der Waals surface area contributed by atoms with Gasteiger partial charge in [0.25, 0.3) is 0 Å². The summed E-state index contributed by atoms with van der Waals surface area (Å²) in [4.78, 5) is 0.879. The van der Waals surface area contributed by atoms with E-state index in [0.717, 1.165) is 23.2 Å². The van der Waals surface area contributed by atoms with Gasteiger partial charge in [0, 0.05) is 4.91 Å². The monoisotopic (exact) mass is 276 g/mol. The first-order valence-corrected chi connectivity index (χ1v) is 7.84. The van der Waals surface area contributed by atoms with Gasteiger partial charge in [0.05, 0.1) is 0 Å². The second-order valence-corrected chi connectivity index (χ2v) is 6.40. The molecule has 0 aromatic carbocycles. The molecular weight excluding hydrogens is 248 g/mol. The van der Waals surface area contributed by atoms with E-state index in [1.807, 2.05) is 0 Å². The Morgan fingerprint density at radius 2 is 2.11 bits per heavy atom. The molecule has 1 aliphatic carbocycles. The average molecular weight is 276 g/mol. The Hall–Kier alpha value is -0.690. The van der Waals surface area contributed by atoms with Gasteiger partial charge in [-0.25, -0.2) is 0 Å². The quantitative estimate of drug-likeness (QED) is 0.465. The minimum absolute atomic E-state index is 0.539. The molecule has 0 amide bonds. The first kappa shape index (κ1) is 16.4. The predicted molar refractivity (Wildman–Crippen MR) is 90.4 cm³/mol. The molecule has 3 atom stereocenters. The van der Waals surface area contributed by atoms with E-state index in [9.17, 15) is 0 Å². The summed E-state index contributed by atoms with van der Waals surface area (Å²) in [6.07, 6.45) is 12.4. The number of rotatable bonds is 5. The zero-order valence-corrected chi connectivity index (χ0v) is 13.7. The molecule has 1 aliphatic rings. The Morgan fingerprint density at radius 3 is 2.68 bits per heavy atom. The third-order valence-electron chi connectivity index (χ3n) is 4.41. The lowest BCUT2D eigenvalue weighted by atomic mass is 9.83. The van der Waals surface area contributed by atoms with Gasteiger partial charge in [0.1, 0.15) is 0 Å². The second kappa shape index (κ2) is 7.79. The van der Waals surface area contributed by atoms with E-state index in [-0.39, 0.29) is 0 Å². The predicted octanol–water partition coefficient (Wildman–Crippen LogP) is 5.95. The van der Waals surface area contributed by atoms with E-state index in [1.165, 1.54) is 18.4 Å². The Bertz CT molecular complexity index is 398. The van der Waals surface area contributed by atoms with Crippen molar-refractivity contribution < 1.29 is 0 Å². The maximum absolute atomic E-state index is 4.37. The Balaban J connectivity index is 2.82. The fourth-order valence-corrected chi connectivity index (χ4v) is 2.58. The van der Waals surface area contributed by atoms with Gasteiger partial charge in [0.2, 0.25) is 0 Å². The molecule has 106 valence electrons. The van der Waals surface area contributed by atoms with Crippen molar-refractivity contribution in [2.75, 3.05) is 0 Å². The summed E-state index contributed by atoms with van der Waals surface area (Å²) in [5, 5.41) is 0. The Morgan fingerprint density at radius 1 is 1.42 bits per heavy atom. The molecule has 0 aliphatic heterocycles. The van der Waals surface area contributed by atoms with Crippen LogP contribution in [-0.2, 0) is 0 Å². The van der Waals surface area contributed by atoms with Crippen LogP contribution < -0.4 is 0 Å². The molecule has 0 saturated carbocycles. The maximum atomic E-state index is 4.37. The molecule has 0 aromatic heterocycles. The van der Waals surface area contributed by atoms with Gasteiger partial charge >= 0.3 is 0 Å². The lowest BCUT2D eigenvalue weighted by Crippen LogP contribution is -2.11. The van der Waals surface area contributed by atoms with Gasteiger partial charge in [-0.3, -0.25) is 0 Å². The zero-order chi connectivity index (χ0) is 14.4. The summed E-state index contributed by atoms with van der Waals surface area (Å²) in [7, 11) is 0. The minimum Gasteiger partial charge on any atom is -0.144 e. The van der Waals surface area contributed by atoms with Crippen LogP contribution in [0, 0.1) is 17.8 Å². The van der Waals surface area contributed by atoms with Gasteiger partial charge in [-0.05, 0) is 36.2 Å². The highest BCUT2D eigenvalue weighted by Gasteiger charge is 2.16. The van der Waals surface area contributed by atoms with Crippen molar-refractivity contribution in [2.24, 2.45) is 17.8 Å². The molecule has 0 heterocycles. The third kappa shape index (κ3) is 5.06. The van der Waals surface area contributed by atoms with Crippen molar-refractivity contribution >= 4 is 12.6 Å². The average Bonchev–Trinajstić information content (AvgIpc) is 2.36. The molecule has 3 unspecified atom stereocenters. The topological polar surface area (TPSA) is 0 Å². The summed E-state index contributed by atoms with van der Waals surface area (Å²) in [6.45, 7) is 13.2. The van der Waals surface area contributed by atoms with Crippen LogP contribution in [0.3, 0.4) is 0 Å². The largest absolute Gasteiger partial charge is 0.144 e. The SMILES string of the molecule is C=C(S)/C1=C/C=C\C(C)/C(CC(C)C(C)CC)=C\C1. The number of hydrogen-bond acceptors (Lipinski definition) is 1. The fourth-order valence-electron chi connectivity index (χ4n) is 2.42. The van der Waals surface area contributed by atoms with Gasteiger partial charge in [0.15, 0.2) is 0 Å². The van der Waals surface area contributed by atoms with Crippen molar-refractivity contribution in [3.05, 3.63) is 46.9 Å². The molecule has 0 saturated heterocycles. The van der Waals surface area contributed by atoms with Crippen LogP contribution in [0.1, 0.15) is 47.0 Å². The van der Waals surface area contributed by atoms with Gasteiger partial charge < -0.3 is 0 Å². The number of thiol groups is 1. The summed E-state index contributed by atoms with van der Waals surface area (Å²) >= 11 is 4.37. The van der Waals surface area contributed by atoms with E-state index in [4.69, 9.17) is 0 Å². The van der Waals surface area contributed by atoms with Gasteiger partial charge in [-0.15, -0.1) is 12.6 Å². The third-order valence-corrected chi connectivity index (χ3v) is 4.70. The van der Waals surface area contributed by atoms with Crippen molar-refractivity contribution in [1.82, 2.24) is 0 Å². The van der Waals surface area contributed by atoms with Crippen LogP contribution in [0.2, 0.25) is 0 Å². The van der Waals surface area contributed by atoms with Crippen LogP contribution in [0.5, 0.6) is 0 Å². The van der Waals surface area contributed by atoms with Crippen LogP contribution in [0.15, 0.2) is 46.9 Å². The minimum atomic E-state index is 0.539. The molecule has 0 bridgehead atoms. The molecular formula is C18H28S. The maximum Gasteiger partial charge on any atom is 0.000322 e. The normalized spacial score (nSPS) is 30.1. The highest BCUT2D eigenvalue weighted by atomic mass is 32.1. The fraction of sp³-hybridized carbons (Fsp3) is 0.556. The van der Waals surface area contributed by atoms with E-state index < -0.39 is 0 Å². The lowest BCUT2D eigenvalue weighted by Gasteiger charge is -2.23. The summed E-state index contributed by atoms with van der Waals surface area (Å²) < 4.78 is 0. The smallest absolute Gasteiger partial charge is 0.000322 e. The van der Waals surface area contributed by atoms with E-state index >= 15 is 0 Å². The van der Waals surface area contributed by atoms with Gasteiger partial charge in [-0.1, -0.05) is 70.6 Å². The zero-order valence-electron chi connectivity index (χ0n) is 12.8. The van der Waals surface area contributed by atoms with Crippen LogP contribution in [-0.4, -0.2) is 0 Å². The Labute approximate surface area is 124 Å². The van der Waals surface area contributed by atoms with Crippen LogP contribution in [0.25, 0.3) is 0 Å². The van der Waals surface area contributed by atoms with Gasteiger partial charge in [-0.2, -0.15) is 0 Å². The standard InChI is InChI=1S/C18H28S/c1-6-13(2)15(4)12-18-11-10-17(16(5)19)9-7-8-14(18)3/h7-9,11,13-15,19H,5-6,10,12H2,1-4H3/b8-7-,17-9+,18-11-. The first-order valence-electron chi connectivity index (χ1n) is 7.40. The van der Waals surface area contributed by atoms with E-state index in [1.54, 1.807) is 5.57 Å². The number of allylic oxidation sites excluding steroid dienone is 6. The highest BCUT2D eigenvalue weighted by Crippen LogP contribution is 2.30. The molecule has 0 fully saturated rings. The Kier molecular flexibility index (Phi) is 6.71. The summed E-state index contributed by atoms with van der Waals surface area (Å²) in [6, 6.07) is 0. The summed E-state index contributed by atoms with van der Waals surface area (Å²) in [5.41, 5.74) is 2.78. The molecule has 0 nitrogen and oxygen atoms in total.